The molecule has 0 aliphatic carbocycles. The van der Waals surface area contributed by atoms with Crippen molar-refractivity contribution in [1.29, 1.82) is 0 Å². The van der Waals surface area contributed by atoms with Crippen LogP contribution in [0.2, 0.25) is 0 Å². The van der Waals surface area contributed by atoms with E-state index in [1.165, 1.54) is 6.20 Å². The van der Waals surface area contributed by atoms with E-state index in [9.17, 15) is 9.59 Å². The first-order chi connectivity index (χ1) is 15.8. The molecule has 4 heterocycles. The van der Waals surface area contributed by atoms with E-state index in [4.69, 9.17) is 10.5 Å². The smallest absolute Gasteiger partial charge is 0.261 e. The number of nitrogens with two attached hydrogens (primary N) is 1. The van der Waals surface area contributed by atoms with Crippen LogP contribution < -0.4 is 20.7 Å². The Morgan fingerprint density at radius 2 is 2.00 bits per heavy atom. The lowest BCUT2D eigenvalue weighted by Crippen LogP contribution is -2.49. The third-order valence-corrected chi connectivity index (χ3v) is 6.05. The van der Waals surface area contributed by atoms with Crippen LogP contribution in [0.25, 0.3) is 5.65 Å². The summed E-state index contributed by atoms with van der Waals surface area (Å²) in [5, 5.41) is 7.31. The number of rotatable bonds is 5. The van der Waals surface area contributed by atoms with Crippen molar-refractivity contribution in [2.45, 2.75) is 25.9 Å². The molecule has 10 nitrogen and oxygen atoms in total. The Labute approximate surface area is 191 Å². The Balaban J connectivity index is 1.45. The molecule has 0 unspecified atom stereocenters. The standard InChI is InChI=1S/C23H27N7O3/c1-23(2)12-15-10-17(27-22(32)16-13-26-30-5-3-4-25-21(16)30)18(11-19(15)33-23)29-8-6-28(7-9-29)14-20(24)31/h3-5,10-11,13H,6-9,12,14H2,1-2H3,(H2,24,31)(H,27,32). The highest BCUT2D eigenvalue weighted by atomic mass is 16.5. The SMILES string of the molecule is CC1(C)Cc2cc(NC(=O)c3cnn4cccnc34)c(N3CCN(CC(N)=O)CC3)cc2O1. The highest BCUT2D eigenvalue weighted by Crippen LogP contribution is 2.42. The summed E-state index contributed by atoms with van der Waals surface area (Å²) in [6.45, 7) is 7.18. The molecule has 5 rings (SSSR count). The van der Waals surface area contributed by atoms with Gasteiger partial charge in [0.15, 0.2) is 5.65 Å². The fourth-order valence-electron chi connectivity index (χ4n) is 4.55. The molecule has 1 fully saturated rings. The third kappa shape index (κ3) is 4.21. The maximum atomic E-state index is 13.2. The van der Waals surface area contributed by atoms with Crippen molar-refractivity contribution in [2.75, 3.05) is 42.9 Å². The second-order valence-corrected chi connectivity index (χ2v) is 9.15. The van der Waals surface area contributed by atoms with Crippen LogP contribution >= 0.6 is 0 Å². The summed E-state index contributed by atoms with van der Waals surface area (Å²) in [6, 6.07) is 5.78. The summed E-state index contributed by atoms with van der Waals surface area (Å²) in [5.41, 5.74) is 8.64. The second-order valence-electron chi connectivity index (χ2n) is 9.15. The maximum absolute atomic E-state index is 13.2. The minimum atomic E-state index is -0.327. The molecule has 2 aliphatic rings. The van der Waals surface area contributed by atoms with Crippen molar-refractivity contribution < 1.29 is 14.3 Å². The Hall–Kier alpha value is -3.66. The first-order valence-electron chi connectivity index (χ1n) is 11.0. The van der Waals surface area contributed by atoms with E-state index in [0.717, 1.165) is 29.1 Å². The number of piperazine rings is 1. The van der Waals surface area contributed by atoms with Gasteiger partial charge in [-0.25, -0.2) is 9.50 Å². The second kappa shape index (κ2) is 8.04. The van der Waals surface area contributed by atoms with Gasteiger partial charge in [0.25, 0.3) is 5.91 Å². The number of aromatic nitrogens is 3. The summed E-state index contributed by atoms with van der Waals surface area (Å²) >= 11 is 0. The predicted octanol–water partition coefficient (Wildman–Crippen LogP) is 1.30. The lowest BCUT2D eigenvalue weighted by atomic mass is 10.0. The monoisotopic (exact) mass is 449 g/mol. The lowest BCUT2D eigenvalue weighted by Gasteiger charge is -2.36. The highest BCUT2D eigenvalue weighted by molar-refractivity contribution is 6.09. The van der Waals surface area contributed by atoms with Crippen LogP contribution in [0.3, 0.4) is 0 Å². The largest absolute Gasteiger partial charge is 0.487 e. The highest BCUT2D eigenvalue weighted by Gasteiger charge is 2.32. The molecule has 1 saturated heterocycles. The van der Waals surface area contributed by atoms with Crippen molar-refractivity contribution in [2.24, 2.45) is 5.73 Å². The van der Waals surface area contributed by atoms with E-state index in [1.54, 1.807) is 23.0 Å². The summed E-state index contributed by atoms with van der Waals surface area (Å²) in [6.07, 6.45) is 5.68. The molecule has 3 N–H and O–H groups in total. The average molecular weight is 450 g/mol. The van der Waals surface area contributed by atoms with E-state index in [2.05, 4.69) is 34.1 Å². The summed E-state index contributed by atoms with van der Waals surface area (Å²) in [5.74, 6) is 0.243. The molecule has 2 amide bonds. The number of carbonyl (C=O) groups is 2. The van der Waals surface area contributed by atoms with Crippen LogP contribution in [0.15, 0.2) is 36.8 Å². The molecule has 0 saturated carbocycles. The van der Waals surface area contributed by atoms with Gasteiger partial charge in [-0.05, 0) is 26.0 Å². The van der Waals surface area contributed by atoms with Gasteiger partial charge in [-0.15, -0.1) is 0 Å². The fourth-order valence-corrected chi connectivity index (χ4v) is 4.55. The number of anilines is 2. The van der Waals surface area contributed by atoms with E-state index < -0.39 is 0 Å². The van der Waals surface area contributed by atoms with E-state index in [0.29, 0.717) is 37.4 Å². The summed E-state index contributed by atoms with van der Waals surface area (Å²) in [7, 11) is 0. The summed E-state index contributed by atoms with van der Waals surface area (Å²) in [4.78, 5) is 33.0. The number of hydrogen-bond acceptors (Lipinski definition) is 7. The molecule has 2 aromatic heterocycles. The van der Waals surface area contributed by atoms with Gasteiger partial charge >= 0.3 is 0 Å². The van der Waals surface area contributed by atoms with Crippen molar-refractivity contribution in [3.8, 4) is 5.75 Å². The lowest BCUT2D eigenvalue weighted by molar-refractivity contribution is -0.119. The third-order valence-electron chi connectivity index (χ3n) is 6.05. The van der Waals surface area contributed by atoms with Crippen molar-refractivity contribution in [3.63, 3.8) is 0 Å². The minimum Gasteiger partial charge on any atom is -0.487 e. The van der Waals surface area contributed by atoms with Gasteiger partial charge in [-0.2, -0.15) is 5.10 Å². The molecular weight excluding hydrogens is 422 g/mol. The Kier molecular flexibility index (Phi) is 5.16. The molecule has 0 spiro atoms. The van der Waals surface area contributed by atoms with Crippen LogP contribution in [0, 0.1) is 0 Å². The molecule has 1 aromatic carbocycles. The van der Waals surface area contributed by atoms with E-state index in [-0.39, 0.29) is 24.0 Å². The van der Waals surface area contributed by atoms with Crippen LogP contribution in [-0.4, -0.2) is 69.6 Å². The van der Waals surface area contributed by atoms with Crippen LogP contribution in [-0.2, 0) is 11.2 Å². The number of carbonyl (C=O) groups excluding carboxylic acids is 2. The average Bonchev–Trinajstić information content (AvgIpc) is 3.32. The minimum absolute atomic E-state index is 0.251. The summed E-state index contributed by atoms with van der Waals surface area (Å²) < 4.78 is 7.73. The van der Waals surface area contributed by atoms with E-state index in [1.807, 2.05) is 17.0 Å². The number of amides is 2. The zero-order valence-electron chi connectivity index (χ0n) is 18.7. The normalized spacial score (nSPS) is 17.6. The maximum Gasteiger partial charge on any atom is 0.261 e. The van der Waals surface area contributed by atoms with Gasteiger partial charge in [0.05, 0.1) is 24.1 Å². The van der Waals surface area contributed by atoms with Crippen molar-refractivity contribution in [3.05, 3.63) is 47.9 Å². The van der Waals surface area contributed by atoms with Gasteiger partial charge in [-0.1, -0.05) is 0 Å². The van der Waals surface area contributed by atoms with Crippen LogP contribution in [0.4, 0.5) is 11.4 Å². The number of nitrogens with one attached hydrogen (secondary N) is 1. The van der Waals surface area contributed by atoms with Gasteiger partial charge in [0, 0.05) is 56.6 Å². The molecule has 33 heavy (non-hydrogen) atoms. The molecule has 10 heteroatoms. The number of benzene rings is 1. The van der Waals surface area contributed by atoms with Gasteiger partial charge < -0.3 is 20.7 Å². The van der Waals surface area contributed by atoms with Crippen LogP contribution in [0.1, 0.15) is 29.8 Å². The zero-order valence-corrected chi connectivity index (χ0v) is 18.7. The Bertz CT molecular complexity index is 1230. The Morgan fingerprint density at radius 3 is 2.76 bits per heavy atom. The predicted molar refractivity (Wildman–Crippen MR) is 124 cm³/mol. The zero-order chi connectivity index (χ0) is 23.2. The topological polar surface area (TPSA) is 118 Å². The first-order valence-corrected chi connectivity index (χ1v) is 11.0. The van der Waals surface area contributed by atoms with Gasteiger partial charge in [-0.3, -0.25) is 14.5 Å². The quantitative estimate of drug-likeness (QED) is 0.603. The van der Waals surface area contributed by atoms with E-state index >= 15 is 0 Å². The van der Waals surface area contributed by atoms with Gasteiger partial charge in [0.2, 0.25) is 5.91 Å². The molecule has 172 valence electrons. The first kappa shape index (κ1) is 21.2. The number of ether oxygens (including phenoxy) is 1. The molecule has 0 bridgehead atoms. The number of primary amides is 1. The number of fused-ring (bicyclic) bond motifs is 2. The molecule has 0 radical (unpaired) electrons. The van der Waals surface area contributed by atoms with Gasteiger partial charge in [0.1, 0.15) is 16.9 Å². The molecule has 3 aromatic rings. The molecule has 2 aliphatic heterocycles. The van der Waals surface area contributed by atoms with Crippen LogP contribution in [0.5, 0.6) is 5.75 Å². The van der Waals surface area contributed by atoms with Crippen molar-refractivity contribution >= 4 is 28.8 Å². The number of nitrogens with zero attached hydrogens (tertiary/aromatic N) is 5. The fraction of sp³-hybridized carbons (Fsp3) is 0.391. The number of hydrogen-bond donors (Lipinski definition) is 2. The molecule has 0 atom stereocenters. The Morgan fingerprint density at radius 1 is 1.21 bits per heavy atom. The van der Waals surface area contributed by atoms with Crippen molar-refractivity contribution in [1.82, 2.24) is 19.5 Å². The molecular formula is C23H27N7O3.